The average Bonchev–Trinajstić information content (AvgIpc) is 2.26. The van der Waals surface area contributed by atoms with Crippen molar-refractivity contribution in [2.45, 2.75) is 18.9 Å². The average molecular weight is 264 g/mol. The van der Waals surface area contributed by atoms with Crippen LogP contribution in [0.1, 0.15) is 24.4 Å². The van der Waals surface area contributed by atoms with Gasteiger partial charge >= 0.3 is 5.69 Å². The monoisotopic (exact) mass is 263 g/mol. The molecule has 4 N–H and O–H groups in total. The topological polar surface area (TPSA) is 95.2 Å². The number of nitro groups is 1. The summed E-state index contributed by atoms with van der Waals surface area (Å²) in [5.41, 5.74) is 11.1. The maximum Gasteiger partial charge on any atom is 0.305 e. The molecule has 0 fully saturated rings. The summed E-state index contributed by atoms with van der Waals surface area (Å²) in [6, 6.07) is 3.36. The van der Waals surface area contributed by atoms with Crippen LogP contribution in [0.25, 0.3) is 0 Å². The fourth-order valence-corrected chi connectivity index (χ4v) is 1.40. The number of nitrogens with zero attached hydrogens (tertiary/aromatic N) is 1. The third-order valence-corrected chi connectivity index (χ3v) is 2.31. The van der Waals surface area contributed by atoms with Gasteiger partial charge in [-0.3, -0.25) is 10.1 Å². The zero-order valence-electron chi connectivity index (χ0n) is 9.14. The standard InChI is InChI=1S/C10H14FN3O2.ClH/c11-8-4-3-7(6-10(8)14(15)16)9(13)2-1-5-12;/h3-4,6,9H,1-2,5,12-13H2;1H/t9-;/m0./s1. The van der Waals surface area contributed by atoms with Crippen LogP contribution in [0, 0.1) is 15.9 Å². The molecule has 0 amide bonds. The van der Waals surface area contributed by atoms with E-state index < -0.39 is 16.4 Å². The van der Waals surface area contributed by atoms with Crippen LogP contribution in [0.2, 0.25) is 0 Å². The van der Waals surface area contributed by atoms with Crippen LogP contribution in [0.5, 0.6) is 0 Å². The highest BCUT2D eigenvalue weighted by Crippen LogP contribution is 2.23. The van der Waals surface area contributed by atoms with Crippen molar-refractivity contribution in [1.29, 1.82) is 0 Å². The molecule has 7 heteroatoms. The molecule has 1 aromatic carbocycles. The number of nitrogens with two attached hydrogens (primary N) is 2. The van der Waals surface area contributed by atoms with Gasteiger partial charge in [-0.2, -0.15) is 4.39 Å². The number of rotatable bonds is 5. The van der Waals surface area contributed by atoms with Crippen molar-refractivity contribution < 1.29 is 9.31 Å². The van der Waals surface area contributed by atoms with Crippen molar-refractivity contribution in [1.82, 2.24) is 0 Å². The van der Waals surface area contributed by atoms with E-state index in [2.05, 4.69) is 0 Å². The van der Waals surface area contributed by atoms with Gasteiger partial charge in [-0.15, -0.1) is 12.4 Å². The van der Waals surface area contributed by atoms with Crippen LogP contribution in [0.4, 0.5) is 10.1 Å². The Kier molecular flexibility index (Phi) is 6.64. The first-order valence-electron chi connectivity index (χ1n) is 4.95. The summed E-state index contributed by atoms with van der Waals surface area (Å²) in [6.45, 7) is 0.511. The highest BCUT2D eigenvalue weighted by atomic mass is 35.5. The third-order valence-electron chi connectivity index (χ3n) is 2.31. The van der Waals surface area contributed by atoms with Crippen LogP contribution in [0.15, 0.2) is 18.2 Å². The summed E-state index contributed by atoms with van der Waals surface area (Å²) in [5, 5.41) is 10.5. The Bertz CT molecular complexity index is 390. The molecular formula is C10H15ClFN3O2. The molecule has 0 unspecified atom stereocenters. The molecule has 0 aromatic heterocycles. The zero-order valence-corrected chi connectivity index (χ0v) is 9.95. The van der Waals surface area contributed by atoms with Gasteiger partial charge < -0.3 is 11.5 Å². The maximum absolute atomic E-state index is 13.0. The van der Waals surface area contributed by atoms with Crippen LogP contribution in [-0.4, -0.2) is 11.5 Å². The van der Waals surface area contributed by atoms with E-state index in [9.17, 15) is 14.5 Å². The minimum absolute atomic E-state index is 0. The van der Waals surface area contributed by atoms with Gasteiger partial charge in [-0.25, -0.2) is 0 Å². The largest absolute Gasteiger partial charge is 0.330 e. The van der Waals surface area contributed by atoms with E-state index in [1.807, 2.05) is 0 Å². The normalized spacial score (nSPS) is 11.7. The lowest BCUT2D eigenvalue weighted by atomic mass is 10.0. The fraction of sp³-hybridized carbons (Fsp3) is 0.400. The second kappa shape index (κ2) is 7.16. The van der Waals surface area contributed by atoms with Gasteiger partial charge in [0.1, 0.15) is 0 Å². The molecular weight excluding hydrogens is 249 g/mol. The lowest BCUT2D eigenvalue weighted by Gasteiger charge is -2.10. The van der Waals surface area contributed by atoms with Crippen LogP contribution >= 0.6 is 12.4 Å². The Morgan fingerprint density at radius 1 is 1.47 bits per heavy atom. The third kappa shape index (κ3) is 4.26. The molecule has 5 nitrogen and oxygen atoms in total. The van der Waals surface area contributed by atoms with E-state index in [-0.39, 0.29) is 18.4 Å². The van der Waals surface area contributed by atoms with Gasteiger partial charge in [-0.05, 0) is 31.0 Å². The number of nitro benzene ring substituents is 1. The van der Waals surface area contributed by atoms with Crippen molar-refractivity contribution in [3.63, 3.8) is 0 Å². The molecule has 0 spiro atoms. The summed E-state index contributed by atoms with van der Waals surface area (Å²) in [4.78, 5) is 9.76. The van der Waals surface area contributed by atoms with Crippen molar-refractivity contribution in [3.8, 4) is 0 Å². The highest BCUT2D eigenvalue weighted by Gasteiger charge is 2.16. The summed E-state index contributed by atoms with van der Waals surface area (Å²) < 4.78 is 13.0. The first-order valence-corrected chi connectivity index (χ1v) is 4.95. The summed E-state index contributed by atoms with van der Waals surface area (Å²) >= 11 is 0. The molecule has 0 radical (unpaired) electrons. The molecule has 17 heavy (non-hydrogen) atoms. The van der Waals surface area contributed by atoms with Crippen LogP contribution in [0.3, 0.4) is 0 Å². The fourth-order valence-electron chi connectivity index (χ4n) is 1.40. The van der Waals surface area contributed by atoms with Crippen molar-refractivity contribution in [2.24, 2.45) is 11.5 Å². The molecule has 0 saturated carbocycles. The van der Waals surface area contributed by atoms with E-state index in [0.29, 0.717) is 18.5 Å². The van der Waals surface area contributed by atoms with Crippen molar-refractivity contribution in [3.05, 3.63) is 39.7 Å². The Balaban J connectivity index is 0.00000256. The van der Waals surface area contributed by atoms with E-state index >= 15 is 0 Å². The lowest BCUT2D eigenvalue weighted by Crippen LogP contribution is -2.13. The van der Waals surface area contributed by atoms with E-state index in [1.54, 1.807) is 0 Å². The Labute approximate surface area is 105 Å². The molecule has 96 valence electrons. The van der Waals surface area contributed by atoms with Crippen LogP contribution in [-0.2, 0) is 0 Å². The van der Waals surface area contributed by atoms with Gasteiger partial charge in [0.25, 0.3) is 0 Å². The second-order valence-corrected chi connectivity index (χ2v) is 3.51. The minimum Gasteiger partial charge on any atom is -0.330 e. The summed E-state index contributed by atoms with van der Waals surface area (Å²) in [5.74, 6) is -0.847. The van der Waals surface area contributed by atoms with Crippen LogP contribution < -0.4 is 11.5 Å². The maximum atomic E-state index is 13.0. The number of benzene rings is 1. The molecule has 0 aliphatic rings. The van der Waals surface area contributed by atoms with Gasteiger partial charge in [0.15, 0.2) is 0 Å². The number of hydrogen-bond acceptors (Lipinski definition) is 4. The van der Waals surface area contributed by atoms with Crippen molar-refractivity contribution in [2.75, 3.05) is 6.54 Å². The molecule has 0 aliphatic carbocycles. The molecule has 0 bridgehead atoms. The smallest absolute Gasteiger partial charge is 0.305 e. The van der Waals surface area contributed by atoms with Gasteiger partial charge in [0.05, 0.1) is 4.92 Å². The summed E-state index contributed by atoms with van der Waals surface area (Å²) in [7, 11) is 0. The second-order valence-electron chi connectivity index (χ2n) is 3.51. The first-order chi connectivity index (χ1) is 7.56. The minimum atomic E-state index is -0.847. The van der Waals surface area contributed by atoms with E-state index in [0.717, 1.165) is 12.5 Å². The van der Waals surface area contributed by atoms with Gasteiger partial charge in [0, 0.05) is 12.1 Å². The Morgan fingerprint density at radius 2 is 2.12 bits per heavy atom. The Morgan fingerprint density at radius 3 is 2.65 bits per heavy atom. The predicted octanol–water partition coefficient (Wildman–Crippen LogP) is 1.89. The Hall–Kier alpha value is -1.24. The van der Waals surface area contributed by atoms with Gasteiger partial charge in [0.2, 0.25) is 5.82 Å². The van der Waals surface area contributed by atoms with Crippen molar-refractivity contribution >= 4 is 18.1 Å². The van der Waals surface area contributed by atoms with E-state index in [1.165, 1.54) is 12.1 Å². The highest BCUT2D eigenvalue weighted by molar-refractivity contribution is 5.85. The zero-order chi connectivity index (χ0) is 12.1. The SMILES string of the molecule is Cl.NCCC[C@H](N)c1ccc(F)c([N+](=O)[O-])c1. The van der Waals surface area contributed by atoms with Gasteiger partial charge in [-0.1, -0.05) is 6.07 Å². The lowest BCUT2D eigenvalue weighted by molar-refractivity contribution is -0.387. The predicted molar refractivity (Wildman–Crippen MR) is 65.5 cm³/mol. The quantitative estimate of drug-likeness (QED) is 0.626. The number of halogens is 2. The molecule has 0 saturated heterocycles. The molecule has 0 heterocycles. The first kappa shape index (κ1) is 15.8. The van der Waals surface area contributed by atoms with E-state index in [4.69, 9.17) is 11.5 Å². The molecule has 1 atom stereocenters. The molecule has 0 aliphatic heterocycles. The molecule has 1 rings (SSSR count). The summed E-state index contributed by atoms with van der Waals surface area (Å²) in [6.07, 6.45) is 1.35. The molecule has 1 aromatic rings. The number of hydrogen-bond donors (Lipinski definition) is 2.